The van der Waals surface area contributed by atoms with Gasteiger partial charge >= 0.3 is 5.76 Å². The number of rotatable bonds is 6. The zero-order valence-corrected chi connectivity index (χ0v) is 14.6. The molecule has 3 aromatic rings. The first-order chi connectivity index (χ1) is 12.0. The molecule has 0 unspecified atom stereocenters. The molecule has 0 bridgehead atoms. The maximum absolute atomic E-state index is 12.3. The minimum atomic E-state index is -0.485. The first kappa shape index (κ1) is 17.2. The van der Waals surface area contributed by atoms with Crippen molar-refractivity contribution >= 4 is 28.6 Å². The number of nitrogens with zero attached hydrogens (tertiary/aromatic N) is 3. The van der Waals surface area contributed by atoms with Crippen LogP contribution in [0.5, 0.6) is 0 Å². The largest absolute Gasteiger partial charge is 0.419 e. The molecule has 6 nitrogen and oxygen atoms in total. The van der Waals surface area contributed by atoms with Crippen LogP contribution in [0.1, 0.15) is 12.1 Å². The number of pyridine rings is 1. The summed E-state index contributed by atoms with van der Waals surface area (Å²) in [5, 5.41) is 0.499. The van der Waals surface area contributed by atoms with E-state index in [-0.39, 0.29) is 18.9 Å². The number of benzene rings is 1. The molecule has 0 aliphatic carbocycles. The Morgan fingerprint density at radius 1 is 1.32 bits per heavy atom. The lowest BCUT2D eigenvalue weighted by molar-refractivity contribution is -0.130. The van der Waals surface area contributed by atoms with Gasteiger partial charge in [0.15, 0.2) is 5.58 Å². The van der Waals surface area contributed by atoms with Crippen LogP contribution in [-0.4, -0.2) is 34.0 Å². The van der Waals surface area contributed by atoms with Crippen molar-refractivity contribution in [3.8, 4) is 0 Å². The molecule has 0 atom stereocenters. The van der Waals surface area contributed by atoms with E-state index in [0.29, 0.717) is 29.1 Å². The lowest BCUT2D eigenvalue weighted by Gasteiger charge is -2.17. The summed E-state index contributed by atoms with van der Waals surface area (Å²) in [6, 6.07) is 10.7. The van der Waals surface area contributed by atoms with Gasteiger partial charge in [0, 0.05) is 56.0 Å². The quantitative estimate of drug-likeness (QED) is 0.678. The van der Waals surface area contributed by atoms with E-state index in [1.54, 1.807) is 36.3 Å². The van der Waals surface area contributed by atoms with Crippen molar-refractivity contribution < 1.29 is 9.21 Å². The molecule has 0 N–H and O–H groups in total. The van der Waals surface area contributed by atoms with E-state index < -0.39 is 5.76 Å². The smallest absolute Gasteiger partial charge is 0.408 e. The number of amides is 1. The highest BCUT2D eigenvalue weighted by molar-refractivity contribution is 6.31. The molecule has 0 radical (unpaired) electrons. The normalized spacial score (nSPS) is 11.0. The number of aromatic nitrogens is 2. The maximum Gasteiger partial charge on any atom is 0.419 e. The molecule has 1 amide bonds. The van der Waals surface area contributed by atoms with Crippen LogP contribution in [-0.2, 0) is 17.8 Å². The van der Waals surface area contributed by atoms with Gasteiger partial charge in [0.25, 0.3) is 0 Å². The van der Waals surface area contributed by atoms with Crippen molar-refractivity contribution in [2.24, 2.45) is 0 Å². The van der Waals surface area contributed by atoms with Gasteiger partial charge in [0.05, 0.1) is 5.52 Å². The second-order valence-corrected chi connectivity index (χ2v) is 6.20. The van der Waals surface area contributed by atoms with Crippen LogP contribution in [0, 0.1) is 0 Å². The van der Waals surface area contributed by atoms with Crippen LogP contribution in [0.2, 0.25) is 5.02 Å². The van der Waals surface area contributed by atoms with E-state index in [4.69, 9.17) is 16.0 Å². The second-order valence-electron chi connectivity index (χ2n) is 5.77. The van der Waals surface area contributed by atoms with Gasteiger partial charge in [-0.05, 0) is 24.3 Å². The number of aryl methyl sites for hydroxylation is 1. The van der Waals surface area contributed by atoms with Crippen molar-refractivity contribution in [3.05, 3.63) is 63.9 Å². The van der Waals surface area contributed by atoms with Gasteiger partial charge in [-0.2, -0.15) is 0 Å². The third-order valence-corrected chi connectivity index (χ3v) is 4.27. The molecule has 0 saturated heterocycles. The number of hydrogen-bond donors (Lipinski definition) is 0. The van der Waals surface area contributed by atoms with E-state index in [1.807, 2.05) is 18.2 Å². The zero-order chi connectivity index (χ0) is 17.8. The highest BCUT2D eigenvalue weighted by Gasteiger charge is 2.13. The maximum atomic E-state index is 12.3. The highest BCUT2D eigenvalue weighted by atomic mass is 35.5. The van der Waals surface area contributed by atoms with Crippen molar-refractivity contribution in [2.75, 3.05) is 13.6 Å². The fraction of sp³-hybridized carbons (Fsp3) is 0.278. The molecule has 130 valence electrons. The van der Waals surface area contributed by atoms with Crippen LogP contribution >= 0.6 is 11.6 Å². The number of likely N-dealkylation sites (N-methyl/N-ethyl adjacent to an activating group) is 1. The minimum Gasteiger partial charge on any atom is -0.408 e. The van der Waals surface area contributed by atoms with Gasteiger partial charge in [-0.15, -0.1) is 0 Å². The number of oxazole rings is 1. The average Bonchev–Trinajstić information content (AvgIpc) is 2.92. The Morgan fingerprint density at radius 2 is 2.16 bits per heavy atom. The summed E-state index contributed by atoms with van der Waals surface area (Å²) in [5.41, 5.74) is 2.00. The van der Waals surface area contributed by atoms with E-state index in [9.17, 15) is 9.59 Å². The molecule has 0 aliphatic rings. The van der Waals surface area contributed by atoms with Crippen LogP contribution in [0.4, 0.5) is 0 Å². The Balaban J connectivity index is 1.60. The van der Waals surface area contributed by atoms with Crippen molar-refractivity contribution in [1.29, 1.82) is 0 Å². The summed E-state index contributed by atoms with van der Waals surface area (Å²) in [7, 11) is 1.75. The SMILES string of the molecule is CN(CCc1ccccn1)C(=O)CCn1c(=O)oc2cc(Cl)ccc21. The molecular weight excluding hydrogens is 342 g/mol. The van der Waals surface area contributed by atoms with Gasteiger partial charge in [-0.1, -0.05) is 17.7 Å². The van der Waals surface area contributed by atoms with Crippen LogP contribution in [0.15, 0.2) is 51.8 Å². The Labute approximate surface area is 149 Å². The molecule has 25 heavy (non-hydrogen) atoms. The van der Waals surface area contributed by atoms with Gasteiger partial charge in [0.1, 0.15) is 0 Å². The molecule has 1 aromatic carbocycles. The fourth-order valence-electron chi connectivity index (χ4n) is 2.60. The van der Waals surface area contributed by atoms with E-state index in [2.05, 4.69) is 4.98 Å². The van der Waals surface area contributed by atoms with Crippen LogP contribution in [0.25, 0.3) is 11.1 Å². The van der Waals surface area contributed by atoms with Gasteiger partial charge in [0.2, 0.25) is 5.91 Å². The summed E-state index contributed by atoms with van der Waals surface area (Å²) >= 11 is 5.90. The van der Waals surface area contributed by atoms with Crippen molar-refractivity contribution in [1.82, 2.24) is 14.5 Å². The number of carbonyl (C=O) groups excluding carboxylic acids is 1. The Bertz CT molecular complexity index is 934. The van der Waals surface area contributed by atoms with Crippen LogP contribution < -0.4 is 5.76 Å². The van der Waals surface area contributed by atoms with E-state index >= 15 is 0 Å². The summed E-state index contributed by atoms with van der Waals surface area (Å²) in [5.74, 6) is -0.521. The van der Waals surface area contributed by atoms with Gasteiger partial charge in [-0.3, -0.25) is 14.3 Å². The Kier molecular flexibility index (Phi) is 5.19. The predicted molar refractivity (Wildman–Crippen MR) is 95.7 cm³/mol. The summed E-state index contributed by atoms with van der Waals surface area (Å²) in [6.07, 6.45) is 2.64. The van der Waals surface area contributed by atoms with Crippen molar-refractivity contribution in [3.63, 3.8) is 0 Å². The fourth-order valence-corrected chi connectivity index (χ4v) is 2.77. The number of hydrogen-bond acceptors (Lipinski definition) is 4. The monoisotopic (exact) mass is 359 g/mol. The van der Waals surface area contributed by atoms with E-state index in [1.165, 1.54) is 4.57 Å². The molecular formula is C18H18ClN3O3. The summed E-state index contributed by atoms with van der Waals surface area (Å²) in [4.78, 5) is 30.2. The first-order valence-electron chi connectivity index (χ1n) is 7.97. The molecule has 7 heteroatoms. The van der Waals surface area contributed by atoms with E-state index in [0.717, 1.165) is 5.69 Å². The Hall–Kier alpha value is -2.60. The summed E-state index contributed by atoms with van der Waals surface area (Å²) in [6.45, 7) is 0.840. The molecule has 2 heterocycles. The third kappa shape index (κ3) is 4.09. The highest BCUT2D eigenvalue weighted by Crippen LogP contribution is 2.18. The number of halogens is 1. The molecule has 2 aromatic heterocycles. The standard InChI is InChI=1S/C18H18ClN3O3/c1-21(10-7-14-4-2-3-9-20-14)17(23)8-11-22-15-6-5-13(19)12-16(15)25-18(22)24/h2-6,9,12H,7-8,10-11H2,1H3. The molecule has 0 saturated carbocycles. The minimum absolute atomic E-state index is 0.0360. The number of fused-ring (bicyclic) bond motifs is 1. The second kappa shape index (κ2) is 7.53. The molecule has 0 spiro atoms. The lowest BCUT2D eigenvalue weighted by Crippen LogP contribution is -2.30. The molecule has 3 rings (SSSR count). The summed E-state index contributed by atoms with van der Waals surface area (Å²) < 4.78 is 6.62. The van der Waals surface area contributed by atoms with Crippen molar-refractivity contribution in [2.45, 2.75) is 19.4 Å². The topological polar surface area (TPSA) is 68.3 Å². The number of carbonyl (C=O) groups is 1. The lowest BCUT2D eigenvalue weighted by atomic mass is 10.2. The molecule has 0 fully saturated rings. The van der Waals surface area contributed by atoms with Gasteiger partial charge < -0.3 is 9.32 Å². The average molecular weight is 360 g/mol. The first-order valence-corrected chi connectivity index (χ1v) is 8.35. The van der Waals surface area contributed by atoms with Gasteiger partial charge in [-0.25, -0.2) is 4.79 Å². The van der Waals surface area contributed by atoms with Crippen LogP contribution in [0.3, 0.4) is 0 Å². The third-order valence-electron chi connectivity index (χ3n) is 4.03. The zero-order valence-electron chi connectivity index (χ0n) is 13.8. The Morgan fingerprint density at radius 3 is 2.92 bits per heavy atom. The predicted octanol–water partition coefficient (Wildman–Crippen LogP) is 2.73. The molecule has 0 aliphatic heterocycles.